The number of esters is 1. The maximum absolute atomic E-state index is 12.7. The van der Waals surface area contributed by atoms with E-state index in [2.05, 4.69) is 10.6 Å². The van der Waals surface area contributed by atoms with Gasteiger partial charge in [-0.3, -0.25) is 10.1 Å². The fourth-order valence-corrected chi connectivity index (χ4v) is 5.14. The highest BCUT2D eigenvalue weighted by molar-refractivity contribution is 7.80. The molecule has 3 rings (SSSR count). The monoisotopic (exact) mass is 463 g/mol. The second-order valence-corrected chi connectivity index (χ2v) is 8.58. The van der Waals surface area contributed by atoms with E-state index in [9.17, 15) is 14.9 Å². The summed E-state index contributed by atoms with van der Waals surface area (Å²) in [4.78, 5) is 24.4. The van der Waals surface area contributed by atoms with Crippen molar-refractivity contribution in [3.8, 4) is 5.75 Å². The minimum Gasteiger partial charge on any atom is -0.494 e. The van der Waals surface area contributed by atoms with Crippen LogP contribution in [0.5, 0.6) is 5.75 Å². The minimum absolute atomic E-state index is 0.0797. The molecule has 0 radical (unpaired) electrons. The molecule has 8 nitrogen and oxygen atoms in total. The van der Waals surface area contributed by atoms with Crippen LogP contribution in [0.3, 0.4) is 0 Å². The number of rotatable bonds is 6. The van der Waals surface area contributed by atoms with Gasteiger partial charge in [0.05, 0.1) is 36.0 Å². The van der Waals surface area contributed by atoms with Crippen LogP contribution in [0.25, 0.3) is 0 Å². The van der Waals surface area contributed by atoms with Gasteiger partial charge in [0.2, 0.25) is 0 Å². The molecule has 0 unspecified atom stereocenters. The van der Waals surface area contributed by atoms with Crippen LogP contribution in [0, 0.1) is 10.1 Å². The molecule has 1 aliphatic rings. The Kier molecular flexibility index (Phi) is 7.80. The standard InChI is InChI=1S/C21H25N3O5S2/c1-3-29-20(25)18-14-8-6-4-5-7-9-17(14)31-19(18)23-21(30)22-15-11-10-13(24(26)27)12-16(15)28-2/h10-12H,3-9H2,1-2H3,(H2,22,23,30). The number of methoxy groups -OCH3 is 1. The summed E-state index contributed by atoms with van der Waals surface area (Å²) < 4.78 is 10.6. The van der Waals surface area contributed by atoms with Gasteiger partial charge in [-0.1, -0.05) is 12.8 Å². The van der Waals surface area contributed by atoms with E-state index in [1.807, 2.05) is 0 Å². The summed E-state index contributed by atoms with van der Waals surface area (Å²) in [6, 6.07) is 4.23. The average Bonchev–Trinajstić information content (AvgIpc) is 3.04. The van der Waals surface area contributed by atoms with Crippen molar-refractivity contribution >= 4 is 51.0 Å². The van der Waals surface area contributed by atoms with Gasteiger partial charge in [-0.25, -0.2) is 4.79 Å². The summed E-state index contributed by atoms with van der Waals surface area (Å²) >= 11 is 6.99. The largest absolute Gasteiger partial charge is 0.494 e. The smallest absolute Gasteiger partial charge is 0.341 e. The van der Waals surface area contributed by atoms with Gasteiger partial charge in [0.15, 0.2) is 5.11 Å². The fraction of sp³-hybridized carbons (Fsp3) is 0.429. The highest BCUT2D eigenvalue weighted by Crippen LogP contribution is 2.38. The van der Waals surface area contributed by atoms with Crippen molar-refractivity contribution in [2.24, 2.45) is 0 Å². The van der Waals surface area contributed by atoms with Crippen molar-refractivity contribution < 1.29 is 19.2 Å². The third kappa shape index (κ3) is 5.50. The third-order valence-electron chi connectivity index (χ3n) is 5.02. The van der Waals surface area contributed by atoms with Crippen LogP contribution in [-0.2, 0) is 17.6 Å². The number of carbonyl (C=O) groups excluding carboxylic acids is 1. The molecule has 0 atom stereocenters. The van der Waals surface area contributed by atoms with Crippen molar-refractivity contribution in [2.45, 2.75) is 45.4 Å². The molecule has 0 saturated heterocycles. The van der Waals surface area contributed by atoms with Crippen molar-refractivity contribution in [3.05, 3.63) is 44.3 Å². The Morgan fingerprint density at radius 1 is 1.23 bits per heavy atom. The van der Waals surface area contributed by atoms with Gasteiger partial charge in [-0.2, -0.15) is 0 Å². The number of anilines is 2. The number of fused-ring (bicyclic) bond motifs is 1. The zero-order valence-corrected chi connectivity index (χ0v) is 19.1. The lowest BCUT2D eigenvalue weighted by atomic mass is 9.96. The number of benzene rings is 1. The van der Waals surface area contributed by atoms with E-state index in [4.69, 9.17) is 21.7 Å². The first-order chi connectivity index (χ1) is 14.9. The number of nitrogens with zero attached hydrogens (tertiary/aromatic N) is 1. The van der Waals surface area contributed by atoms with Crippen LogP contribution < -0.4 is 15.4 Å². The van der Waals surface area contributed by atoms with Gasteiger partial charge in [-0.15, -0.1) is 11.3 Å². The highest BCUT2D eigenvalue weighted by atomic mass is 32.1. The number of ether oxygens (including phenoxy) is 2. The van der Waals surface area contributed by atoms with Crippen LogP contribution in [0.15, 0.2) is 18.2 Å². The zero-order valence-electron chi connectivity index (χ0n) is 17.5. The molecule has 0 aliphatic heterocycles. The number of carbonyl (C=O) groups is 1. The zero-order chi connectivity index (χ0) is 22.4. The first-order valence-electron chi connectivity index (χ1n) is 10.2. The Bertz CT molecular complexity index is 990. The number of nitro groups is 1. The quantitative estimate of drug-likeness (QED) is 0.257. The maximum atomic E-state index is 12.7. The lowest BCUT2D eigenvalue weighted by Gasteiger charge is -2.14. The number of nitrogens with one attached hydrogen (secondary N) is 2. The van der Waals surface area contributed by atoms with E-state index in [1.165, 1.54) is 47.9 Å². The Balaban J connectivity index is 1.86. The predicted molar refractivity (Wildman–Crippen MR) is 126 cm³/mol. The molecule has 2 N–H and O–H groups in total. The van der Waals surface area contributed by atoms with Crippen LogP contribution >= 0.6 is 23.6 Å². The van der Waals surface area contributed by atoms with Gasteiger partial charge in [0.25, 0.3) is 5.69 Å². The molecule has 1 aromatic carbocycles. The lowest BCUT2D eigenvalue weighted by Crippen LogP contribution is -2.21. The second kappa shape index (κ2) is 10.5. The summed E-state index contributed by atoms with van der Waals surface area (Å²) in [5.41, 5.74) is 2.02. The molecular weight excluding hydrogens is 438 g/mol. The molecule has 0 saturated carbocycles. The maximum Gasteiger partial charge on any atom is 0.341 e. The first kappa shape index (κ1) is 23.0. The van der Waals surface area contributed by atoms with Crippen molar-refractivity contribution in [2.75, 3.05) is 24.4 Å². The van der Waals surface area contributed by atoms with E-state index in [0.717, 1.165) is 37.7 Å². The average molecular weight is 464 g/mol. The van der Waals surface area contributed by atoms with E-state index in [-0.39, 0.29) is 16.8 Å². The van der Waals surface area contributed by atoms with Gasteiger partial charge in [0.1, 0.15) is 10.8 Å². The number of thiophene rings is 1. The van der Waals surface area contributed by atoms with Crippen LogP contribution in [0.4, 0.5) is 16.4 Å². The molecule has 0 amide bonds. The number of nitro benzene ring substituents is 1. The van der Waals surface area contributed by atoms with E-state index in [0.29, 0.717) is 28.6 Å². The first-order valence-corrected chi connectivity index (χ1v) is 11.4. The van der Waals surface area contributed by atoms with E-state index in [1.54, 1.807) is 6.92 Å². The molecule has 0 bridgehead atoms. The van der Waals surface area contributed by atoms with Crippen LogP contribution in [0.1, 0.15) is 53.4 Å². The normalized spacial score (nSPS) is 13.4. The van der Waals surface area contributed by atoms with E-state index >= 15 is 0 Å². The summed E-state index contributed by atoms with van der Waals surface area (Å²) in [5.74, 6) is -0.0544. The number of hydrogen-bond acceptors (Lipinski definition) is 7. The molecule has 1 aromatic heterocycles. The molecule has 1 heterocycles. The molecule has 166 valence electrons. The minimum atomic E-state index is -0.490. The summed E-state index contributed by atoms with van der Waals surface area (Å²) in [5, 5.41) is 18.0. The SMILES string of the molecule is CCOC(=O)c1c(NC(=S)Nc2ccc([N+](=O)[O-])cc2OC)sc2c1CCCCCC2. The summed E-state index contributed by atoms with van der Waals surface area (Å²) in [6.45, 7) is 2.08. The molecular formula is C21H25N3O5S2. The topological polar surface area (TPSA) is 103 Å². The fourth-order valence-electron chi connectivity index (χ4n) is 3.58. The summed E-state index contributed by atoms with van der Waals surface area (Å²) in [7, 11) is 1.43. The third-order valence-corrected chi connectivity index (χ3v) is 6.43. The van der Waals surface area contributed by atoms with Gasteiger partial charge in [-0.05, 0) is 56.5 Å². The van der Waals surface area contributed by atoms with Crippen molar-refractivity contribution in [1.82, 2.24) is 0 Å². The summed E-state index contributed by atoms with van der Waals surface area (Å²) in [6.07, 6.45) is 6.26. The molecule has 1 aliphatic carbocycles. The van der Waals surface area contributed by atoms with Crippen molar-refractivity contribution in [3.63, 3.8) is 0 Å². The molecule has 2 aromatic rings. The molecule has 0 spiro atoms. The predicted octanol–water partition coefficient (Wildman–Crippen LogP) is 5.31. The Hall–Kier alpha value is -2.72. The van der Waals surface area contributed by atoms with Gasteiger partial charge in [0, 0.05) is 10.9 Å². The Labute approximate surface area is 190 Å². The highest BCUT2D eigenvalue weighted by Gasteiger charge is 2.26. The number of aryl methyl sites for hydroxylation is 1. The number of hydrogen-bond donors (Lipinski definition) is 2. The van der Waals surface area contributed by atoms with Crippen LogP contribution in [-0.4, -0.2) is 29.7 Å². The van der Waals surface area contributed by atoms with Crippen molar-refractivity contribution in [1.29, 1.82) is 0 Å². The molecule has 10 heteroatoms. The Morgan fingerprint density at radius 3 is 2.65 bits per heavy atom. The van der Waals surface area contributed by atoms with E-state index < -0.39 is 4.92 Å². The lowest BCUT2D eigenvalue weighted by molar-refractivity contribution is -0.384. The molecule has 0 fully saturated rings. The number of non-ortho nitro benzene ring substituents is 1. The van der Waals surface area contributed by atoms with Crippen LogP contribution in [0.2, 0.25) is 0 Å². The van der Waals surface area contributed by atoms with Gasteiger partial charge >= 0.3 is 5.97 Å². The molecule has 31 heavy (non-hydrogen) atoms. The number of thiocarbonyl (C=S) groups is 1. The second-order valence-electron chi connectivity index (χ2n) is 7.06. The Morgan fingerprint density at radius 2 is 1.97 bits per heavy atom. The van der Waals surface area contributed by atoms with Gasteiger partial charge < -0.3 is 20.1 Å².